The third-order valence-electron chi connectivity index (χ3n) is 2.53. The molecule has 1 unspecified atom stereocenters. The summed E-state index contributed by atoms with van der Waals surface area (Å²) in [5.41, 5.74) is -0.486. The summed E-state index contributed by atoms with van der Waals surface area (Å²) in [5, 5.41) is 9.75. The van der Waals surface area contributed by atoms with Crippen LogP contribution in [0.5, 0.6) is 0 Å². The fraction of sp³-hybridized carbons (Fsp3) is 0.0769. The minimum absolute atomic E-state index is 0.0286. The molecule has 1 atom stereocenters. The minimum atomic E-state index is -1.59. The topological polar surface area (TPSA) is 20.2 Å². The molecule has 1 N–H and O–H groups in total. The highest BCUT2D eigenvalue weighted by molar-refractivity contribution is 6.30. The molecule has 1 nitrogen and oxygen atoms in total. The highest BCUT2D eigenvalue weighted by Crippen LogP contribution is 2.28. The number of benzene rings is 2. The van der Waals surface area contributed by atoms with Gasteiger partial charge in [-0.2, -0.15) is 0 Å². The van der Waals surface area contributed by atoms with Crippen LogP contribution in [0.15, 0.2) is 36.4 Å². The van der Waals surface area contributed by atoms with Gasteiger partial charge in [-0.3, -0.25) is 0 Å². The van der Waals surface area contributed by atoms with Crippen molar-refractivity contribution in [1.29, 1.82) is 0 Å². The zero-order valence-electron chi connectivity index (χ0n) is 9.00. The monoisotopic (exact) mass is 272 g/mol. The van der Waals surface area contributed by atoms with Crippen molar-refractivity contribution in [2.24, 2.45) is 0 Å². The quantitative estimate of drug-likeness (QED) is 0.881. The van der Waals surface area contributed by atoms with E-state index in [1.165, 1.54) is 18.2 Å². The predicted octanol–water partition coefficient (Wildman–Crippen LogP) is 3.84. The second-order valence-electron chi connectivity index (χ2n) is 3.71. The third kappa shape index (κ3) is 2.35. The molecule has 0 spiro atoms. The van der Waals surface area contributed by atoms with Crippen molar-refractivity contribution in [1.82, 2.24) is 0 Å². The second kappa shape index (κ2) is 5.00. The molecule has 2 rings (SSSR count). The van der Waals surface area contributed by atoms with E-state index in [4.69, 9.17) is 11.6 Å². The largest absolute Gasteiger partial charge is 0.383 e. The van der Waals surface area contributed by atoms with Gasteiger partial charge in [0, 0.05) is 0 Å². The molecule has 0 amide bonds. The first kappa shape index (κ1) is 12.9. The lowest BCUT2D eigenvalue weighted by molar-refractivity contribution is 0.208. The molecule has 0 saturated heterocycles. The molecule has 18 heavy (non-hydrogen) atoms. The Bertz CT molecular complexity index is 566. The van der Waals surface area contributed by atoms with Gasteiger partial charge in [-0.25, -0.2) is 13.2 Å². The Kier molecular flexibility index (Phi) is 3.59. The highest BCUT2D eigenvalue weighted by atomic mass is 35.5. The van der Waals surface area contributed by atoms with Crippen molar-refractivity contribution < 1.29 is 18.3 Å². The molecule has 2 aromatic carbocycles. The van der Waals surface area contributed by atoms with Crippen LogP contribution in [0.3, 0.4) is 0 Å². The average molecular weight is 273 g/mol. The molecule has 0 bridgehead atoms. The van der Waals surface area contributed by atoms with E-state index in [1.54, 1.807) is 0 Å². The Morgan fingerprint density at radius 2 is 1.56 bits per heavy atom. The van der Waals surface area contributed by atoms with E-state index in [1.807, 2.05) is 0 Å². The Morgan fingerprint density at radius 1 is 0.944 bits per heavy atom. The van der Waals surface area contributed by atoms with Gasteiger partial charge in [-0.15, -0.1) is 0 Å². The summed E-state index contributed by atoms with van der Waals surface area (Å²) in [5.74, 6) is -2.54. The summed E-state index contributed by atoms with van der Waals surface area (Å²) in [7, 11) is 0. The fourth-order valence-electron chi connectivity index (χ4n) is 1.62. The van der Waals surface area contributed by atoms with Gasteiger partial charge in [-0.1, -0.05) is 23.7 Å². The van der Waals surface area contributed by atoms with Gasteiger partial charge >= 0.3 is 0 Å². The Morgan fingerprint density at radius 3 is 2.11 bits per heavy atom. The molecule has 0 aliphatic rings. The Balaban J connectivity index is 2.48. The first-order valence-corrected chi connectivity index (χ1v) is 5.45. The molecule has 0 aliphatic heterocycles. The van der Waals surface area contributed by atoms with Crippen molar-refractivity contribution >= 4 is 11.6 Å². The smallest absolute Gasteiger partial charge is 0.142 e. The van der Waals surface area contributed by atoms with Gasteiger partial charge in [0.05, 0.1) is 10.6 Å². The fourth-order valence-corrected chi connectivity index (χ4v) is 1.74. The minimum Gasteiger partial charge on any atom is -0.383 e. The number of aliphatic hydroxyl groups excluding tert-OH is 1. The average Bonchev–Trinajstić information content (AvgIpc) is 2.32. The normalized spacial score (nSPS) is 12.5. The first-order valence-electron chi connectivity index (χ1n) is 5.07. The Hall–Kier alpha value is -1.52. The molecule has 0 fully saturated rings. The van der Waals surface area contributed by atoms with Crippen molar-refractivity contribution in [3.63, 3.8) is 0 Å². The molecule has 0 radical (unpaired) electrons. The molecular weight excluding hydrogens is 265 g/mol. The number of halogens is 4. The van der Waals surface area contributed by atoms with Crippen LogP contribution in [-0.4, -0.2) is 5.11 Å². The molecular formula is C13H8ClF3O. The lowest BCUT2D eigenvalue weighted by Crippen LogP contribution is -2.06. The summed E-state index contributed by atoms with van der Waals surface area (Å²) in [6, 6.07) is 6.69. The van der Waals surface area contributed by atoms with Crippen molar-refractivity contribution in [3.05, 3.63) is 70.0 Å². The SMILES string of the molecule is OC(c1ccc(Cl)c(F)c1)c1c(F)cccc1F. The highest BCUT2D eigenvalue weighted by Gasteiger charge is 2.20. The van der Waals surface area contributed by atoms with E-state index in [2.05, 4.69) is 0 Å². The first-order chi connectivity index (χ1) is 8.50. The lowest BCUT2D eigenvalue weighted by Gasteiger charge is -2.13. The van der Waals surface area contributed by atoms with Crippen LogP contribution < -0.4 is 0 Å². The number of hydrogen-bond donors (Lipinski definition) is 1. The molecule has 5 heteroatoms. The molecule has 0 saturated carbocycles. The van der Waals surface area contributed by atoms with E-state index in [9.17, 15) is 18.3 Å². The molecule has 0 aliphatic carbocycles. The van der Waals surface area contributed by atoms with E-state index in [0.29, 0.717) is 0 Å². The van der Waals surface area contributed by atoms with Gasteiger partial charge < -0.3 is 5.11 Å². The number of aliphatic hydroxyl groups is 1. The number of rotatable bonds is 2. The van der Waals surface area contributed by atoms with E-state index in [-0.39, 0.29) is 10.6 Å². The van der Waals surface area contributed by atoms with Gasteiger partial charge in [-0.05, 0) is 29.8 Å². The second-order valence-corrected chi connectivity index (χ2v) is 4.12. The Labute approximate surface area is 106 Å². The molecule has 2 aromatic rings. The van der Waals surface area contributed by atoms with Crippen LogP contribution in [0.2, 0.25) is 5.02 Å². The molecule has 0 heterocycles. The van der Waals surface area contributed by atoms with Gasteiger partial charge in [0.2, 0.25) is 0 Å². The van der Waals surface area contributed by atoms with Crippen LogP contribution in [-0.2, 0) is 0 Å². The predicted molar refractivity (Wildman–Crippen MR) is 61.8 cm³/mol. The summed E-state index contributed by atoms with van der Waals surface area (Å²) in [4.78, 5) is 0. The lowest BCUT2D eigenvalue weighted by atomic mass is 10.0. The van der Waals surface area contributed by atoms with Crippen LogP contribution in [0.4, 0.5) is 13.2 Å². The van der Waals surface area contributed by atoms with Crippen molar-refractivity contribution in [2.45, 2.75) is 6.10 Å². The van der Waals surface area contributed by atoms with Crippen LogP contribution in [0.1, 0.15) is 17.2 Å². The maximum atomic E-state index is 13.4. The van der Waals surface area contributed by atoms with Crippen molar-refractivity contribution in [2.75, 3.05) is 0 Å². The summed E-state index contributed by atoms with van der Waals surface area (Å²) < 4.78 is 40.1. The summed E-state index contributed by atoms with van der Waals surface area (Å²) in [6.07, 6.45) is -1.59. The van der Waals surface area contributed by atoms with Gasteiger partial charge in [0.15, 0.2) is 0 Å². The van der Waals surface area contributed by atoms with Crippen LogP contribution in [0.25, 0.3) is 0 Å². The van der Waals surface area contributed by atoms with Gasteiger partial charge in [0.1, 0.15) is 23.6 Å². The molecule has 0 aromatic heterocycles. The summed E-state index contributed by atoms with van der Waals surface area (Å²) in [6.45, 7) is 0. The van der Waals surface area contributed by atoms with Crippen LogP contribution >= 0.6 is 11.6 Å². The van der Waals surface area contributed by atoms with Crippen molar-refractivity contribution in [3.8, 4) is 0 Å². The zero-order chi connectivity index (χ0) is 13.3. The van der Waals surface area contributed by atoms with Gasteiger partial charge in [0.25, 0.3) is 0 Å². The number of hydrogen-bond acceptors (Lipinski definition) is 1. The van der Waals surface area contributed by atoms with Crippen LogP contribution in [0, 0.1) is 17.5 Å². The standard InChI is InChI=1S/C13H8ClF3O/c14-8-5-4-7(6-11(8)17)13(18)12-9(15)2-1-3-10(12)16/h1-6,13,18H. The maximum Gasteiger partial charge on any atom is 0.142 e. The van der Waals surface area contributed by atoms with E-state index < -0.39 is 29.1 Å². The third-order valence-corrected chi connectivity index (χ3v) is 2.84. The maximum absolute atomic E-state index is 13.4. The molecule has 94 valence electrons. The summed E-state index contributed by atoms with van der Waals surface area (Å²) >= 11 is 5.49. The van der Waals surface area contributed by atoms with E-state index >= 15 is 0 Å². The zero-order valence-corrected chi connectivity index (χ0v) is 9.76. The van der Waals surface area contributed by atoms with E-state index in [0.717, 1.165) is 18.2 Å².